The Morgan fingerprint density at radius 2 is 1.83 bits per heavy atom. The lowest BCUT2D eigenvalue weighted by molar-refractivity contribution is 0.134. The highest BCUT2D eigenvalue weighted by molar-refractivity contribution is 14.0. The van der Waals surface area contributed by atoms with Crippen LogP contribution < -0.4 is 15.4 Å². The van der Waals surface area contributed by atoms with Crippen molar-refractivity contribution in [3.8, 4) is 5.75 Å². The van der Waals surface area contributed by atoms with Gasteiger partial charge in [-0.25, -0.2) is 4.99 Å². The Bertz CT molecular complexity index is 767. The molecule has 2 aromatic rings. The second kappa shape index (κ2) is 12.8. The molecule has 1 fully saturated rings. The van der Waals surface area contributed by atoms with Crippen LogP contribution in [0.3, 0.4) is 0 Å². The molecule has 3 rings (SSSR count). The van der Waals surface area contributed by atoms with Crippen LogP contribution in [-0.2, 0) is 13.1 Å². The van der Waals surface area contributed by atoms with E-state index in [9.17, 15) is 0 Å². The van der Waals surface area contributed by atoms with E-state index in [4.69, 9.17) is 9.73 Å². The van der Waals surface area contributed by atoms with Gasteiger partial charge in [0.15, 0.2) is 5.96 Å². The lowest BCUT2D eigenvalue weighted by atomic mass is 9.97. The molecule has 6 heteroatoms. The standard InChI is InChI=1S/C24H34N4O.HI/c1-4-25-24(26-17-20-10-12-23(29-3)13-11-20)27-22-14-15-28(19(2)16-22)18-21-8-6-5-7-9-21;/h5-13,19,22H,4,14-18H2,1-3H3,(H2,25,26,27);1H. The number of ether oxygens (including phenoxy) is 1. The normalized spacial score (nSPS) is 19.6. The highest BCUT2D eigenvalue weighted by Crippen LogP contribution is 2.20. The number of piperidine rings is 1. The number of halogens is 1. The van der Waals surface area contributed by atoms with Crippen LogP contribution in [0, 0.1) is 0 Å². The van der Waals surface area contributed by atoms with E-state index < -0.39 is 0 Å². The zero-order valence-corrected chi connectivity index (χ0v) is 20.6. The van der Waals surface area contributed by atoms with Gasteiger partial charge in [0.2, 0.25) is 0 Å². The van der Waals surface area contributed by atoms with E-state index in [1.54, 1.807) is 7.11 Å². The minimum atomic E-state index is 0. The third-order valence-corrected chi connectivity index (χ3v) is 5.51. The lowest BCUT2D eigenvalue weighted by Gasteiger charge is -2.38. The van der Waals surface area contributed by atoms with E-state index in [1.165, 1.54) is 11.1 Å². The van der Waals surface area contributed by atoms with Crippen LogP contribution in [0.15, 0.2) is 59.6 Å². The fraction of sp³-hybridized carbons (Fsp3) is 0.458. The summed E-state index contributed by atoms with van der Waals surface area (Å²) >= 11 is 0. The number of nitrogens with one attached hydrogen (secondary N) is 2. The quantitative estimate of drug-likeness (QED) is 0.321. The van der Waals surface area contributed by atoms with Crippen molar-refractivity contribution in [3.05, 3.63) is 65.7 Å². The molecule has 0 amide bonds. The maximum absolute atomic E-state index is 5.23. The molecular formula is C24H35IN4O. The number of likely N-dealkylation sites (tertiary alicyclic amines) is 1. The minimum absolute atomic E-state index is 0. The molecule has 30 heavy (non-hydrogen) atoms. The van der Waals surface area contributed by atoms with Crippen LogP contribution in [0.1, 0.15) is 37.8 Å². The Labute approximate surface area is 198 Å². The van der Waals surface area contributed by atoms with Crippen molar-refractivity contribution < 1.29 is 4.74 Å². The van der Waals surface area contributed by atoms with Gasteiger partial charge in [-0.1, -0.05) is 42.5 Å². The van der Waals surface area contributed by atoms with Crippen LogP contribution >= 0.6 is 24.0 Å². The molecule has 1 saturated heterocycles. The van der Waals surface area contributed by atoms with Crippen molar-refractivity contribution in [2.75, 3.05) is 20.2 Å². The molecule has 1 heterocycles. The van der Waals surface area contributed by atoms with Gasteiger partial charge in [-0.2, -0.15) is 0 Å². The summed E-state index contributed by atoms with van der Waals surface area (Å²) in [6.45, 7) is 8.08. The Hall–Kier alpha value is -1.80. The third-order valence-electron chi connectivity index (χ3n) is 5.51. The van der Waals surface area contributed by atoms with E-state index in [0.29, 0.717) is 18.6 Å². The maximum Gasteiger partial charge on any atom is 0.191 e. The Morgan fingerprint density at radius 3 is 2.47 bits per heavy atom. The van der Waals surface area contributed by atoms with E-state index in [1.807, 2.05) is 12.1 Å². The van der Waals surface area contributed by atoms with Crippen molar-refractivity contribution in [1.82, 2.24) is 15.5 Å². The van der Waals surface area contributed by atoms with Crippen LogP contribution in [-0.4, -0.2) is 43.1 Å². The zero-order chi connectivity index (χ0) is 20.5. The lowest BCUT2D eigenvalue weighted by Crippen LogP contribution is -2.51. The summed E-state index contributed by atoms with van der Waals surface area (Å²) < 4.78 is 5.23. The highest BCUT2D eigenvalue weighted by atomic mass is 127. The predicted molar refractivity (Wildman–Crippen MR) is 136 cm³/mol. The molecule has 2 N–H and O–H groups in total. The number of nitrogens with zero attached hydrogens (tertiary/aromatic N) is 2. The molecule has 5 nitrogen and oxygen atoms in total. The van der Waals surface area contributed by atoms with Gasteiger partial charge in [0.1, 0.15) is 5.75 Å². The first-order valence-electron chi connectivity index (χ1n) is 10.6. The van der Waals surface area contributed by atoms with Crippen LogP contribution in [0.2, 0.25) is 0 Å². The molecule has 1 aliphatic heterocycles. The predicted octanol–water partition coefficient (Wildman–Crippen LogP) is 4.42. The molecule has 1 aliphatic rings. The molecule has 0 saturated carbocycles. The van der Waals surface area contributed by atoms with Crippen molar-refractivity contribution in [2.24, 2.45) is 4.99 Å². The fourth-order valence-corrected chi connectivity index (χ4v) is 3.82. The molecule has 2 unspecified atom stereocenters. The SMILES string of the molecule is CCNC(=NCc1ccc(OC)cc1)NC1CCN(Cc2ccccc2)C(C)C1.I. The fourth-order valence-electron chi connectivity index (χ4n) is 3.82. The number of methoxy groups -OCH3 is 1. The number of benzene rings is 2. The molecule has 0 radical (unpaired) electrons. The van der Waals surface area contributed by atoms with Crippen molar-refractivity contribution in [3.63, 3.8) is 0 Å². The van der Waals surface area contributed by atoms with Gasteiger partial charge in [0.25, 0.3) is 0 Å². The Balaban J connectivity index is 0.00000320. The summed E-state index contributed by atoms with van der Waals surface area (Å²) in [4.78, 5) is 7.36. The second-order valence-corrected chi connectivity index (χ2v) is 7.71. The molecule has 164 valence electrons. The first kappa shape index (κ1) is 24.5. The van der Waals surface area contributed by atoms with Gasteiger partial charge in [0.05, 0.1) is 13.7 Å². The first-order valence-corrected chi connectivity index (χ1v) is 10.6. The summed E-state index contributed by atoms with van der Waals surface area (Å²) in [5.41, 5.74) is 2.56. The van der Waals surface area contributed by atoms with Gasteiger partial charge >= 0.3 is 0 Å². The van der Waals surface area contributed by atoms with Crippen molar-refractivity contribution >= 4 is 29.9 Å². The van der Waals surface area contributed by atoms with E-state index in [-0.39, 0.29) is 24.0 Å². The van der Waals surface area contributed by atoms with Gasteiger partial charge < -0.3 is 15.4 Å². The summed E-state index contributed by atoms with van der Waals surface area (Å²) in [5.74, 6) is 1.77. The van der Waals surface area contributed by atoms with Gasteiger partial charge in [-0.05, 0) is 49.9 Å². The van der Waals surface area contributed by atoms with Crippen LogP contribution in [0.25, 0.3) is 0 Å². The Kier molecular flexibility index (Phi) is 10.4. The first-order chi connectivity index (χ1) is 14.2. The van der Waals surface area contributed by atoms with Crippen LogP contribution in [0.4, 0.5) is 0 Å². The molecule has 2 aromatic carbocycles. The van der Waals surface area contributed by atoms with Crippen molar-refractivity contribution in [1.29, 1.82) is 0 Å². The van der Waals surface area contributed by atoms with Gasteiger partial charge in [0, 0.05) is 31.7 Å². The monoisotopic (exact) mass is 522 g/mol. The van der Waals surface area contributed by atoms with Crippen LogP contribution in [0.5, 0.6) is 5.75 Å². The molecule has 0 spiro atoms. The summed E-state index contributed by atoms with van der Waals surface area (Å²) in [6, 6.07) is 19.8. The molecule has 0 bridgehead atoms. The second-order valence-electron chi connectivity index (χ2n) is 7.71. The van der Waals surface area contributed by atoms with E-state index in [0.717, 1.165) is 44.2 Å². The minimum Gasteiger partial charge on any atom is -0.497 e. The van der Waals surface area contributed by atoms with Crippen molar-refractivity contribution in [2.45, 2.75) is 51.9 Å². The summed E-state index contributed by atoms with van der Waals surface area (Å²) in [6.07, 6.45) is 2.25. The third kappa shape index (κ3) is 7.47. The maximum atomic E-state index is 5.23. The van der Waals surface area contributed by atoms with Gasteiger partial charge in [-0.3, -0.25) is 4.90 Å². The van der Waals surface area contributed by atoms with E-state index in [2.05, 4.69) is 71.8 Å². The zero-order valence-electron chi connectivity index (χ0n) is 18.3. The average Bonchev–Trinajstić information content (AvgIpc) is 2.75. The Morgan fingerprint density at radius 1 is 1.10 bits per heavy atom. The number of hydrogen-bond acceptors (Lipinski definition) is 3. The molecule has 0 aromatic heterocycles. The van der Waals surface area contributed by atoms with E-state index >= 15 is 0 Å². The average molecular weight is 522 g/mol. The number of rotatable bonds is 7. The highest BCUT2D eigenvalue weighted by Gasteiger charge is 2.25. The molecular weight excluding hydrogens is 487 g/mol. The summed E-state index contributed by atoms with van der Waals surface area (Å²) in [5, 5.41) is 7.04. The number of hydrogen-bond donors (Lipinski definition) is 2. The summed E-state index contributed by atoms with van der Waals surface area (Å²) in [7, 11) is 1.69. The number of guanidine groups is 1. The number of aliphatic imine (C=N–C) groups is 1. The van der Waals surface area contributed by atoms with Gasteiger partial charge in [-0.15, -0.1) is 24.0 Å². The molecule has 2 atom stereocenters. The molecule has 0 aliphatic carbocycles. The smallest absolute Gasteiger partial charge is 0.191 e. The topological polar surface area (TPSA) is 48.9 Å². The largest absolute Gasteiger partial charge is 0.497 e.